The van der Waals surface area contributed by atoms with E-state index in [4.69, 9.17) is 0 Å². The van der Waals surface area contributed by atoms with E-state index in [-0.39, 0.29) is 5.56 Å². The van der Waals surface area contributed by atoms with E-state index < -0.39 is 0 Å². The second kappa shape index (κ2) is 5.64. The van der Waals surface area contributed by atoms with Crippen molar-refractivity contribution in [2.45, 2.75) is 6.92 Å². The highest BCUT2D eigenvalue weighted by molar-refractivity contribution is 7.15. The van der Waals surface area contributed by atoms with Crippen LogP contribution in [0.4, 0.5) is 0 Å². The number of para-hydroxylation sites is 3. The molecule has 5 nitrogen and oxygen atoms in total. The highest BCUT2D eigenvalue weighted by Crippen LogP contribution is 2.16. The number of fused-ring (bicyclic) bond motifs is 3. The number of rotatable bonds is 2. The van der Waals surface area contributed by atoms with Gasteiger partial charge >= 0.3 is 0 Å². The molecule has 2 aromatic carbocycles. The fraction of sp³-hybridized carbons (Fsp3) is 0.0500. The van der Waals surface area contributed by atoms with Crippen LogP contribution >= 0.6 is 11.3 Å². The molecule has 0 radical (unpaired) electrons. The number of aromatic nitrogens is 4. The molecule has 0 aliphatic carbocycles. The molecule has 6 heteroatoms. The molecule has 26 heavy (non-hydrogen) atoms. The average molecular weight is 358 g/mol. The molecule has 0 aliphatic rings. The van der Waals surface area contributed by atoms with Crippen molar-refractivity contribution < 1.29 is 0 Å². The third-order valence-electron chi connectivity index (χ3n) is 4.39. The number of nitrogens with zero attached hydrogens (tertiary/aromatic N) is 4. The Morgan fingerprint density at radius 3 is 2.65 bits per heavy atom. The molecule has 5 rings (SSSR count). The molecule has 3 heterocycles. The smallest absolute Gasteiger partial charge is 0.267 e. The molecule has 0 bridgehead atoms. The third-order valence-corrected chi connectivity index (χ3v) is 5.36. The van der Waals surface area contributed by atoms with E-state index in [0.29, 0.717) is 4.53 Å². The van der Waals surface area contributed by atoms with Crippen LogP contribution in [0.25, 0.3) is 27.8 Å². The molecule has 0 N–H and O–H groups in total. The summed E-state index contributed by atoms with van der Waals surface area (Å²) < 4.78 is 4.18. The summed E-state index contributed by atoms with van der Waals surface area (Å²) in [5.74, 6) is 0. The normalized spacial score (nSPS) is 12.4. The molecule has 5 aromatic rings. The first-order valence-corrected chi connectivity index (χ1v) is 9.06. The number of hydrogen-bond acceptors (Lipinski definition) is 4. The lowest BCUT2D eigenvalue weighted by molar-refractivity contribution is 0.863. The van der Waals surface area contributed by atoms with Crippen LogP contribution in [0.2, 0.25) is 0 Å². The fourth-order valence-electron chi connectivity index (χ4n) is 3.08. The van der Waals surface area contributed by atoms with Crippen molar-refractivity contribution in [3.63, 3.8) is 0 Å². The Morgan fingerprint density at radius 1 is 1.04 bits per heavy atom. The molecule has 0 unspecified atom stereocenters. The summed E-state index contributed by atoms with van der Waals surface area (Å²) in [5, 5.41) is 4.56. The molecular weight excluding hydrogens is 344 g/mol. The highest BCUT2D eigenvalue weighted by atomic mass is 32.1. The summed E-state index contributed by atoms with van der Waals surface area (Å²) in [4.78, 5) is 18.1. The summed E-state index contributed by atoms with van der Waals surface area (Å²) in [7, 11) is 0. The molecule has 0 saturated carbocycles. The minimum absolute atomic E-state index is 0.0365. The Hall–Kier alpha value is -3.25. The largest absolute Gasteiger partial charge is 0.274 e. The van der Waals surface area contributed by atoms with E-state index >= 15 is 0 Å². The molecule has 0 atom stereocenters. The van der Waals surface area contributed by atoms with Gasteiger partial charge in [-0.05, 0) is 37.3 Å². The van der Waals surface area contributed by atoms with Gasteiger partial charge in [0.05, 0.1) is 26.9 Å². The van der Waals surface area contributed by atoms with Gasteiger partial charge in [-0.25, -0.2) is 14.1 Å². The van der Waals surface area contributed by atoms with Crippen LogP contribution in [0.15, 0.2) is 65.6 Å². The van der Waals surface area contributed by atoms with Crippen LogP contribution in [0.5, 0.6) is 0 Å². The van der Waals surface area contributed by atoms with Crippen LogP contribution in [0.1, 0.15) is 11.3 Å². The Kier molecular flexibility index (Phi) is 3.26. The predicted molar refractivity (Wildman–Crippen MR) is 104 cm³/mol. The van der Waals surface area contributed by atoms with Crippen molar-refractivity contribution in [3.05, 3.63) is 86.9 Å². The number of benzene rings is 2. The van der Waals surface area contributed by atoms with E-state index in [1.54, 1.807) is 4.40 Å². The maximum atomic E-state index is 12.9. The molecule has 126 valence electrons. The number of aryl methyl sites for hydroxylation is 1. The van der Waals surface area contributed by atoms with Crippen molar-refractivity contribution in [2.24, 2.45) is 0 Å². The standard InChI is InChI=1S/C20H14N4OS/c1-13-14(12-23(22-13)15-7-3-2-4-8-15)11-18-19(25)24-17-10-6-5-9-16(17)21-20(24)26-18/h2-12H,1H3. The van der Waals surface area contributed by atoms with Crippen LogP contribution in [0.3, 0.4) is 0 Å². The van der Waals surface area contributed by atoms with Gasteiger partial charge in [0, 0.05) is 11.8 Å². The second-order valence-electron chi connectivity index (χ2n) is 6.08. The number of thiazole rings is 1. The first kappa shape index (κ1) is 15.0. The lowest BCUT2D eigenvalue weighted by Crippen LogP contribution is -2.22. The van der Waals surface area contributed by atoms with Crippen molar-refractivity contribution in [1.82, 2.24) is 19.2 Å². The molecule has 0 saturated heterocycles. The van der Waals surface area contributed by atoms with E-state index in [1.807, 2.05) is 78.5 Å². The first-order valence-electron chi connectivity index (χ1n) is 8.24. The molecule has 0 fully saturated rings. The van der Waals surface area contributed by atoms with Gasteiger partial charge in [-0.3, -0.25) is 4.79 Å². The minimum Gasteiger partial charge on any atom is -0.267 e. The maximum absolute atomic E-state index is 12.9. The second-order valence-corrected chi connectivity index (χ2v) is 7.09. The van der Waals surface area contributed by atoms with Gasteiger partial charge < -0.3 is 0 Å². The summed E-state index contributed by atoms with van der Waals surface area (Å²) in [6.45, 7) is 1.95. The van der Waals surface area contributed by atoms with Gasteiger partial charge in [-0.1, -0.05) is 41.7 Å². The van der Waals surface area contributed by atoms with Gasteiger partial charge in [0.1, 0.15) is 0 Å². The number of hydrogen-bond donors (Lipinski definition) is 0. The predicted octanol–water partition coefficient (Wildman–Crippen LogP) is 2.95. The van der Waals surface area contributed by atoms with Crippen molar-refractivity contribution >= 4 is 33.4 Å². The fourth-order valence-corrected chi connectivity index (χ4v) is 4.06. The molecule has 3 aromatic heterocycles. The van der Waals surface area contributed by atoms with Crippen molar-refractivity contribution in [3.8, 4) is 5.69 Å². The van der Waals surface area contributed by atoms with Crippen LogP contribution in [-0.2, 0) is 0 Å². The van der Waals surface area contributed by atoms with Crippen LogP contribution in [-0.4, -0.2) is 19.2 Å². The van der Waals surface area contributed by atoms with Crippen molar-refractivity contribution in [2.75, 3.05) is 0 Å². The summed E-state index contributed by atoms with van der Waals surface area (Å²) >= 11 is 1.41. The molecule has 0 aliphatic heterocycles. The lowest BCUT2D eigenvalue weighted by Gasteiger charge is -1.98. The van der Waals surface area contributed by atoms with Crippen LogP contribution in [0, 0.1) is 6.92 Å². The monoisotopic (exact) mass is 358 g/mol. The first-order chi connectivity index (χ1) is 12.7. The average Bonchev–Trinajstić information content (AvgIpc) is 3.30. The van der Waals surface area contributed by atoms with Gasteiger partial charge in [-0.2, -0.15) is 5.10 Å². The molecular formula is C20H14N4OS. The van der Waals surface area contributed by atoms with E-state index in [1.165, 1.54) is 11.3 Å². The Labute approximate surface area is 152 Å². The zero-order valence-electron chi connectivity index (χ0n) is 14.0. The van der Waals surface area contributed by atoms with Crippen LogP contribution < -0.4 is 10.1 Å². The minimum atomic E-state index is -0.0365. The van der Waals surface area contributed by atoms with Gasteiger partial charge in [0.15, 0.2) is 4.96 Å². The summed E-state index contributed by atoms with van der Waals surface area (Å²) in [5.41, 5.74) is 4.45. The maximum Gasteiger partial charge on any atom is 0.274 e. The zero-order valence-corrected chi connectivity index (χ0v) is 14.8. The van der Waals surface area contributed by atoms with Gasteiger partial charge in [-0.15, -0.1) is 0 Å². The van der Waals surface area contributed by atoms with Gasteiger partial charge in [0.2, 0.25) is 0 Å². The summed E-state index contributed by atoms with van der Waals surface area (Å²) in [6, 6.07) is 17.6. The summed E-state index contributed by atoms with van der Waals surface area (Å²) in [6.07, 6.45) is 3.85. The number of imidazole rings is 1. The van der Waals surface area contributed by atoms with Crippen molar-refractivity contribution in [1.29, 1.82) is 0 Å². The topological polar surface area (TPSA) is 52.2 Å². The van der Waals surface area contributed by atoms with E-state index in [9.17, 15) is 4.79 Å². The van der Waals surface area contributed by atoms with E-state index in [0.717, 1.165) is 32.9 Å². The Bertz CT molecular complexity index is 1360. The molecule has 0 amide bonds. The third kappa shape index (κ3) is 2.27. The lowest BCUT2D eigenvalue weighted by atomic mass is 10.2. The Balaban J connectivity index is 1.69. The Morgan fingerprint density at radius 2 is 1.81 bits per heavy atom. The van der Waals surface area contributed by atoms with E-state index in [2.05, 4.69) is 10.1 Å². The SMILES string of the molecule is Cc1nn(-c2ccccc2)cc1C=c1sc2nc3ccccc3n2c1=O. The highest BCUT2D eigenvalue weighted by Gasteiger charge is 2.11. The molecule has 0 spiro atoms. The van der Waals surface area contributed by atoms with Gasteiger partial charge in [0.25, 0.3) is 5.56 Å². The zero-order chi connectivity index (χ0) is 17.7. The quantitative estimate of drug-likeness (QED) is 0.487.